The van der Waals surface area contributed by atoms with Crippen molar-refractivity contribution in [3.05, 3.63) is 0 Å². The van der Waals surface area contributed by atoms with Gasteiger partial charge in [-0.25, -0.2) is 0 Å². The largest absolute Gasteiger partial charge is 0.481 e. The van der Waals surface area contributed by atoms with Gasteiger partial charge >= 0.3 is 11.9 Å². The monoisotopic (exact) mass is 424 g/mol. The number of aliphatic carboxylic acids is 2. The van der Waals surface area contributed by atoms with E-state index in [0.717, 1.165) is 44.9 Å². The molecule has 30 heavy (non-hydrogen) atoms. The van der Waals surface area contributed by atoms with E-state index in [9.17, 15) is 19.8 Å². The number of rotatable bonds is 17. The highest BCUT2D eigenvalue weighted by Gasteiger charge is 2.61. The molecule has 0 aromatic carbocycles. The Morgan fingerprint density at radius 1 is 0.700 bits per heavy atom. The van der Waals surface area contributed by atoms with Crippen LogP contribution in [0.3, 0.4) is 0 Å². The van der Waals surface area contributed by atoms with E-state index in [1.165, 1.54) is 44.9 Å². The highest BCUT2D eigenvalue weighted by Crippen LogP contribution is 2.57. The van der Waals surface area contributed by atoms with Crippen LogP contribution in [0.5, 0.6) is 0 Å². The molecule has 0 radical (unpaired) electrons. The Morgan fingerprint density at radius 2 is 1.10 bits per heavy atom. The Hall–Kier alpha value is -1.06. The van der Waals surface area contributed by atoms with Crippen LogP contribution in [0, 0.1) is 16.7 Å². The Kier molecular flexibility index (Phi) is 12.7. The lowest BCUT2D eigenvalue weighted by molar-refractivity contribution is -0.182. The maximum absolute atomic E-state index is 12.5. The quantitative estimate of drug-likeness (QED) is 0.233. The van der Waals surface area contributed by atoms with Crippen molar-refractivity contribution in [2.24, 2.45) is 16.7 Å². The molecule has 0 heterocycles. The molecule has 1 rings (SSSR count). The number of carboxylic acid groups (broad SMARTS) is 2. The second kappa shape index (κ2) is 14.1. The lowest BCUT2D eigenvalue weighted by Crippen LogP contribution is -2.54. The highest BCUT2D eigenvalue weighted by atomic mass is 16.4. The normalized spacial score (nSPS) is 24.3. The molecule has 4 nitrogen and oxygen atoms in total. The summed E-state index contributed by atoms with van der Waals surface area (Å²) in [7, 11) is 0. The van der Waals surface area contributed by atoms with Crippen molar-refractivity contribution in [3.8, 4) is 0 Å². The van der Waals surface area contributed by atoms with Crippen molar-refractivity contribution in [2.45, 2.75) is 136 Å². The van der Waals surface area contributed by atoms with Gasteiger partial charge in [0.1, 0.15) is 0 Å². The summed E-state index contributed by atoms with van der Waals surface area (Å²) >= 11 is 0. The predicted octanol–water partition coefficient (Wildman–Crippen LogP) is 7.84. The fourth-order valence-electron chi connectivity index (χ4n) is 5.62. The minimum absolute atomic E-state index is 0.505. The van der Waals surface area contributed by atoms with Gasteiger partial charge in [-0.2, -0.15) is 0 Å². The number of hydrogen-bond acceptors (Lipinski definition) is 2. The average Bonchev–Trinajstić information content (AvgIpc) is 2.69. The molecule has 0 aromatic rings. The minimum Gasteiger partial charge on any atom is -0.481 e. The van der Waals surface area contributed by atoms with Crippen molar-refractivity contribution >= 4 is 11.9 Å². The van der Waals surface area contributed by atoms with Gasteiger partial charge in [-0.15, -0.1) is 0 Å². The topological polar surface area (TPSA) is 74.6 Å². The molecule has 2 unspecified atom stereocenters. The summed E-state index contributed by atoms with van der Waals surface area (Å²) in [5.74, 6) is -1.23. The first kappa shape index (κ1) is 27.0. The lowest BCUT2D eigenvalue weighted by Gasteiger charge is -2.49. The standard InChI is InChI=1S/C26H48O4/c1-4-5-6-7-8-9-10-11-12-13-18-25(23(27)28)19-14-15-20-26(25,24(29)30)21-16-17-22(2)3/h22H,4-21H2,1-3H3,(H,27,28)(H,29,30). The first-order chi connectivity index (χ1) is 14.3. The van der Waals surface area contributed by atoms with Gasteiger partial charge in [0.15, 0.2) is 0 Å². The summed E-state index contributed by atoms with van der Waals surface area (Å²) in [5, 5.41) is 20.5. The molecule has 0 saturated heterocycles. The van der Waals surface area contributed by atoms with Crippen molar-refractivity contribution in [1.29, 1.82) is 0 Å². The molecule has 4 heteroatoms. The van der Waals surface area contributed by atoms with Crippen molar-refractivity contribution < 1.29 is 19.8 Å². The van der Waals surface area contributed by atoms with Crippen molar-refractivity contribution in [2.75, 3.05) is 0 Å². The lowest BCUT2D eigenvalue weighted by atomic mass is 9.52. The third-order valence-electron chi connectivity index (χ3n) is 7.53. The molecule has 1 fully saturated rings. The van der Waals surface area contributed by atoms with Gasteiger partial charge in [0.05, 0.1) is 10.8 Å². The molecule has 0 aliphatic heterocycles. The van der Waals surface area contributed by atoms with Crippen LogP contribution in [0.15, 0.2) is 0 Å². The molecular weight excluding hydrogens is 376 g/mol. The van der Waals surface area contributed by atoms with Gasteiger partial charge in [0.2, 0.25) is 0 Å². The van der Waals surface area contributed by atoms with Crippen LogP contribution in [0.25, 0.3) is 0 Å². The highest BCUT2D eigenvalue weighted by molar-refractivity contribution is 5.87. The van der Waals surface area contributed by atoms with Crippen LogP contribution >= 0.6 is 0 Å². The van der Waals surface area contributed by atoms with Crippen molar-refractivity contribution in [3.63, 3.8) is 0 Å². The maximum Gasteiger partial charge on any atom is 0.310 e. The van der Waals surface area contributed by atoms with Crippen molar-refractivity contribution in [1.82, 2.24) is 0 Å². The van der Waals surface area contributed by atoms with Gasteiger partial charge in [-0.05, 0) is 31.6 Å². The zero-order valence-electron chi connectivity index (χ0n) is 20.0. The predicted molar refractivity (Wildman–Crippen MR) is 124 cm³/mol. The van der Waals surface area contributed by atoms with Gasteiger partial charge < -0.3 is 10.2 Å². The molecule has 0 spiro atoms. The summed E-state index contributed by atoms with van der Waals surface area (Å²) < 4.78 is 0. The number of unbranched alkanes of at least 4 members (excludes halogenated alkanes) is 9. The molecule has 0 amide bonds. The van der Waals surface area contributed by atoms with Crippen LogP contribution < -0.4 is 0 Å². The molecule has 2 N–H and O–H groups in total. The van der Waals surface area contributed by atoms with Crippen LogP contribution in [0.4, 0.5) is 0 Å². The Balaban J connectivity index is 2.64. The summed E-state index contributed by atoms with van der Waals surface area (Å²) in [6, 6.07) is 0. The molecule has 2 atom stereocenters. The summed E-state index contributed by atoms with van der Waals surface area (Å²) in [4.78, 5) is 25.0. The van der Waals surface area contributed by atoms with Crippen LogP contribution in [-0.4, -0.2) is 22.2 Å². The van der Waals surface area contributed by atoms with Crippen LogP contribution in [-0.2, 0) is 9.59 Å². The summed E-state index contributed by atoms with van der Waals surface area (Å²) in [6.45, 7) is 6.52. The van der Waals surface area contributed by atoms with E-state index in [1.807, 2.05) is 0 Å². The average molecular weight is 425 g/mol. The van der Waals surface area contributed by atoms with E-state index < -0.39 is 22.8 Å². The van der Waals surface area contributed by atoms with E-state index in [4.69, 9.17) is 0 Å². The van der Waals surface area contributed by atoms with E-state index >= 15 is 0 Å². The third-order valence-corrected chi connectivity index (χ3v) is 7.53. The van der Waals surface area contributed by atoms with E-state index in [-0.39, 0.29) is 0 Å². The van der Waals surface area contributed by atoms with E-state index in [2.05, 4.69) is 20.8 Å². The van der Waals surface area contributed by atoms with E-state index in [0.29, 0.717) is 31.6 Å². The number of carboxylic acids is 2. The minimum atomic E-state index is -1.09. The Bertz CT molecular complexity index is 501. The second-order valence-corrected chi connectivity index (χ2v) is 10.2. The number of hydrogen-bond donors (Lipinski definition) is 2. The van der Waals surface area contributed by atoms with Gasteiger partial charge in [-0.1, -0.05) is 111 Å². The van der Waals surface area contributed by atoms with Gasteiger partial charge in [0.25, 0.3) is 0 Å². The Labute approximate surface area is 185 Å². The van der Waals surface area contributed by atoms with Crippen LogP contribution in [0.1, 0.15) is 136 Å². The maximum atomic E-state index is 12.5. The third kappa shape index (κ3) is 7.57. The SMILES string of the molecule is CCCCCCCCCCCCC1(C(=O)O)CCCCC1(CCCC(C)C)C(=O)O. The Morgan fingerprint density at radius 3 is 1.50 bits per heavy atom. The smallest absolute Gasteiger partial charge is 0.310 e. The molecule has 0 bridgehead atoms. The first-order valence-electron chi connectivity index (χ1n) is 12.8. The molecule has 1 saturated carbocycles. The molecular formula is C26H48O4. The van der Waals surface area contributed by atoms with E-state index in [1.54, 1.807) is 0 Å². The molecule has 1 aliphatic rings. The first-order valence-corrected chi connectivity index (χ1v) is 12.8. The fraction of sp³-hybridized carbons (Fsp3) is 0.923. The molecule has 0 aromatic heterocycles. The van der Waals surface area contributed by atoms with Crippen LogP contribution in [0.2, 0.25) is 0 Å². The summed E-state index contributed by atoms with van der Waals surface area (Å²) in [6.07, 6.45) is 17.5. The van der Waals surface area contributed by atoms with Gasteiger partial charge in [0, 0.05) is 0 Å². The second-order valence-electron chi connectivity index (χ2n) is 10.2. The molecule has 1 aliphatic carbocycles. The zero-order valence-corrected chi connectivity index (χ0v) is 20.0. The number of carbonyl (C=O) groups is 2. The fourth-order valence-corrected chi connectivity index (χ4v) is 5.62. The zero-order chi connectivity index (χ0) is 22.5. The molecule has 176 valence electrons. The van der Waals surface area contributed by atoms with Gasteiger partial charge in [-0.3, -0.25) is 9.59 Å². The summed E-state index contributed by atoms with van der Waals surface area (Å²) in [5.41, 5.74) is -2.18.